The fourth-order valence-corrected chi connectivity index (χ4v) is 2.93. The molecule has 0 aliphatic carbocycles. The highest BCUT2D eigenvalue weighted by Crippen LogP contribution is 2.29. The van der Waals surface area contributed by atoms with Crippen molar-refractivity contribution < 1.29 is 31.5 Å². The van der Waals surface area contributed by atoms with E-state index in [0.29, 0.717) is 6.07 Å². The van der Waals surface area contributed by atoms with Crippen LogP contribution in [-0.2, 0) is 11.0 Å². The number of piperazine rings is 1. The number of rotatable bonds is 1. The second-order valence-corrected chi connectivity index (χ2v) is 6.57. The summed E-state index contributed by atoms with van der Waals surface area (Å²) in [7, 11) is 0. The molecule has 0 radical (unpaired) electrons. The highest BCUT2D eigenvalue weighted by Gasteiger charge is 2.31. The summed E-state index contributed by atoms with van der Waals surface area (Å²) in [4.78, 5) is 27.4. The van der Waals surface area contributed by atoms with Gasteiger partial charge in [0, 0.05) is 49.3 Å². The predicted octanol–water partition coefficient (Wildman–Crippen LogP) is 3.32. The molecular formula is C21H15F5N2O2. The smallest absolute Gasteiger partial charge is 0.335 e. The zero-order valence-corrected chi connectivity index (χ0v) is 15.5. The first-order valence-electron chi connectivity index (χ1n) is 8.87. The van der Waals surface area contributed by atoms with Crippen molar-refractivity contribution in [2.45, 2.75) is 6.18 Å². The van der Waals surface area contributed by atoms with Crippen LogP contribution in [0.5, 0.6) is 0 Å². The number of carbonyl (C=O) groups is 2. The van der Waals surface area contributed by atoms with Crippen LogP contribution in [0.4, 0.5) is 22.0 Å². The minimum atomic E-state index is -4.48. The number of nitrogens with zero attached hydrogens (tertiary/aromatic N) is 2. The SMILES string of the molecule is O=C(C#Cc1cc(F)cc(F)c1)N1CCN(C(=O)c2ccc(C(F)(F)F)cc2)CC1. The van der Waals surface area contributed by atoms with E-state index in [-0.39, 0.29) is 37.3 Å². The van der Waals surface area contributed by atoms with Crippen molar-refractivity contribution in [1.29, 1.82) is 0 Å². The molecule has 0 aromatic heterocycles. The molecule has 156 valence electrons. The third kappa shape index (κ3) is 5.14. The Morgan fingerprint density at radius 1 is 0.833 bits per heavy atom. The highest BCUT2D eigenvalue weighted by molar-refractivity contribution is 5.96. The van der Waals surface area contributed by atoms with Crippen molar-refractivity contribution in [3.8, 4) is 11.8 Å². The van der Waals surface area contributed by atoms with Gasteiger partial charge in [0.15, 0.2) is 0 Å². The quantitative estimate of drug-likeness (QED) is 0.523. The zero-order chi connectivity index (χ0) is 21.9. The van der Waals surface area contributed by atoms with E-state index in [0.717, 1.165) is 36.4 Å². The van der Waals surface area contributed by atoms with Crippen LogP contribution < -0.4 is 0 Å². The van der Waals surface area contributed by atoms with E-state index >= 15 is 0 Å². The largest absolute Gasteiger partial charge is 0.416 e. The second kappa shape index (κ2) is 8.53. The maximum Gasteiger partial charge on any atom is 0.416 e. The van der Waals surface area contributed by atoms with Gasteiger partial charge >= 0.3 is 6.18 Å². The number of amides is 2. The zero-order valence-electron chi connectivity index (χ0n) is 15.5. The molecule has 1 heterocycles. The lowest BCUT2D eigenvalue weighted by molar-refractivity contribution is -0.137. The van der Waals surface area contributed by atoms with Crippen LogP contribution in [0.15, 0.2) is 42.5 Å². The molecule has 0 saturated carbocycles. The molecule has 2 aromatic carbocycles. The van der Waals surface area contributed by atoms with Crippen LogP contribution in [0, 0.1) is 23.5 Å². The first-order chi connectivity index (χ1) is 14.1. The van der Waals surface area contributed by atoms with E-state index in [1.54, 1.807) is 0 Å². The van der Waals surface area contributed by atoms with Gasteiger partial charge in [-0.25, -0.2) is 8.78 Å². The first-order valence-corrected chi connectivity index (χ1v) is 8.87. The molecule has 1 aliphatic rings. The van der Waals surface area contributed by atoms with E-state index in [9.17, 15) is 31.5 Å². The van der Waals surface area contributed by atoms with Gasteiger partial charge in [0.25, 0.3) is 11.8 Å². The molecule has 1 fully saturated rings. The average molecular weight is 422 g/mol. The number of benzene rings is 2. The van der Waals surface area contributed by atoms with Crippen LogP contribution >= 0.6 is 0 Å². The molecule has 3 rings (SSSR count). The summed E-state index contributed by atoms with van der Waals surface area (Å²) in [5.41, 5.74) is -0.695. The lowest BCUT2D eigenvalue weighted by Gasteiger charge is -2.33. The van der Waals surface area contributed by atoms with Crippen LogP contribution in [0.3, 0.4) is 0 Å². The number of carbonyl (C=O) groups excluding carboxylic acids is 2. The van der Waals surface area contributed by atoms with Gasteiger partial charge < -0.3 is 9.80 Å². The summed E-state index contributed by atoms with van der Waals surface area (Å²) in [5.74, 6) is 2.13. The molecule has 1 saturated heterocycles. The van der Waals surface area contributed by atoms with Crippen molar-refractivity contribution in [1.82, 2.24) is 9.80 Å². The Morgan fingerprint density at radius 3 is 1.90 bits per heavy atom. The Bertz CT molecular complexity index is 994. The molecule has 0 bridgehead atoms. The van der Waals surface area contributed by atoms with Crippen molar-refractivity contribution in [2.75, 3.05) is 26.2 Å². The van der Waals surface area contributed by atoms with E-state index < -0.39 is 35.2 Å². The molecule has 0 spiro atoms. The van der Waals surface area contributed by atoms with Gasteiger partial charge in [0.05, 0.1) is 5.56 Å². The predicted molar refractivity (Wildman–Crippen MR) is 97.2 cm³/mol. The fraction of sp³-hybridized carbons (Fsp3) is 0.238. The van der Waals surface area contributed by atoms with Gasteiger partial charge in [-0.1, -0.05) is 5.92 Å². The van der Waals surface area contributed by atoms with E-state index in [1.165, 1.54) is 9.80 Å². The van der Waals surface area contributed by atoms with E-state index in [1.807, 2.05) is 0 Å². The number of alkyl halides is 3. The third-order valence-electron chi connectivity index (χ3n) is 4.49. The van der Waals surface area contributed by atoms with Crippen LogP contribution in [0.2, 0.25) is 0 Å². The average Bonchev–Trinajstić information content (AvgIpc) is 2.70. The fourth-order valence-electron chi connectivity index (χ4n) is 2.93. The first kappa shape index (κ1) is 21.3. The van der Waals surface area contributed by atoms with E-state index in [2.05, 4.69) is 11.8 Å². The number of hydrogen-bond acceptors (Lipinski definition) is 2. The number of hydrogen-bond donors (Lipinski definition) is 0. The Kier molecular flexibility index (Phi) is 6.06. The van der Waals surface area contributed by atoms with Crippen molar-refractivity contribution in [3.05, 3.63) is 70.8 Å². The van der Waals surface area contributed by atoms with Crippen LogP contribution in [0.25, 0.3) is 0 Å². The second-order valence-electron chi connectivity index (χ2n) is 6.57. The normalized spacial score (nSPS) is 14.2. The van der Waals surface area contributed by atoms with Crippen LogP contribution in [-0.4, -0.2) is 47.8 Å². The monoisotopic (exact) mass is 422 g/mol. The van der Waals surface area contributed by atoms with Gasteiger partial charge in [0.2, 0.25) is 0 Å². The molecule has 2 amide bonds. The van der Waals surface area contributed by atoms with Crippen molar-refractivity contribution in [3.63, 3.8) is 0 Å². The molecule has 2 aromatic rings. The van der Waals surface area contributed by atoms with Gasteiger partial charge in [-0.2, -0.15) is 13.2 Å². The van der Waals surface area contributed by atoms with Gasteiger partial charge in [-0.05, 0) is 36.4 Å². The Balaban J connectivity index is 1.58. The summed E-state index contributed by atoms with van der Waals surface area (Å²) in [5, 5.41) is 0. The minimum Gasteiger partial charge on any atom is -0.335 e. The molecule has 0 atom stereocenters. The van der Waals surface area contributed by atoms with Gasteiger partial charge in [-0.15, -0.1) is 0 Å². The molecule has 0 unspecified atom stereocenters. The minimum absolute atomic E-state index is 0.0250. The Hall–Kier alpha value is -3.41. The molecule has 30 heavy (non-hydrogen) atoms. The Morgan fingerprint density at radius 2 is 1.37 bits per heavy atom. The van der Waals surface area contributed by atoms with Gasteiger partial charge in [0.1, 0.15) is 11.6 Å². The lowest BCUT2D eigenvalue weighted by atomic mass is 10.1. The number of halogens is 5. The standard InChI is InChI=1S/C21H15F5N2O2/c22-17-11-14(12-18(23)13-17)1-6-19(29)27-7-9-28(10-8-27)20(30)15-2-4-16(5-3-15)21(24,25)26/h2-5,11-13H,7-10H2. The van der Waals surface area contributed by atoms with Crippen LogP contribution in [0.1, 0.15) is 21.5 Å². The maximum absolute atomic E-state index is 13.1. The summed E-state index contributed by atoms with van der Waals surface area (Å²) < 4.78 is 64.2. The highest BCUT2D eigenvalue weighted by atomic mass is 19.4. The lowest BCUT2D eigenvalue weighted by Crippen LogP contribution is -2.50. The van der Waals surface area contributed by atoms with Crippen molar-refractivity contribution in [2.24, 2.45) is 0 Å². The molecule has 9 heteroatoms. The maximum atomic E-state index is 13.1. The molecule has 0 N–H and O–H groups in total. The summed E-state index contributed by atoms with van der Waals surface area (Å²) in [6, 6.07) is 6.63. The summed E-state index contributed by atoms with van der Waals surface area (Å²) >= 11 is 0. The summed E-state index contributed by atoms with van der Waals surface area (Å²) in [6.45, 7) is 0.721. The Labute approximate surface area is 168 Å². The van der Waals surface area contributed by atoms with Gasteiger partial charge in [-0.3, -0.25) is 9.59 Å². The van der Waals surface area contributed by atoms with Crippen molar-refractivity contribution >= 4 is 11.8 Å². The molecule has 1 aliphatic heterocycles. The van der Waals surface area contributed by atoms with E-state index in [4.69, 9.17) is 0 Å². The molecular weight excluding hydrogens is 407 g/mol. The topological polar surface area (TPSA) is 40.6 Å². The molecule has 4 nitrogen and oxygen atoms in total. The third-order valence-corrected chi connectivity index (χ3v) is 4.49. The summed E-state index contributed by atoms with van der Waals surface area (Å²) in [6.07, 6.45) is -4.48.